The van der Waals surface area contributed by atoms with Gasteiger partial charge in [-0.2, -0.15) is 0 Å². The maximum atomic E-state index is 5.77. The molecule has 3 aromatic rings. The highest BCUT2D eigenvalue weighted by atomic mass is 32.1. The molecule has 1 aromatic heterocycles. The number of likely N-dealkylation sites (tertiary alicyclic amines) is 1. The van der Waals surface area contributed by atoms with Crippen molar-refractivity contribution >= 4 is 11.3 Å². The molecule has 1 saturated heterocycles. The van der Waals surface area contributed by atoms with Crippen molar-refractivity contribution in [2.75, 3.05) is 19.7 Å². The number of aromatic nitrogens is 1. The van der Waals surface area contributed by atoms with E-state index in [1.165, 1.54) is 23.3 Å². The van der Waals surface area contributed by atoms with Gasteiger partial charge in [0.15, 0.2) is 0 Å². The summed E-state index contributed by atoms with van der Waals surface area (Å²) in [4.78, 5) is 8.36. The van der Waals surface area contributed by atoms with Gasteiger partial charge in [-0.25, -0.2) is 4.98 Å². The van der Waals surface area contributed by atoms with E-state index in [2.05, 4.69) is 57.7 Å². The topological polar surface area (TPSA) is 37.4 Å². The summed E-state index contributed by atoms with van der Waals surface area (Å²) in [5.41, 5.74) is 2.54. The highest BCUT2D eigenvalue weighted by Crippen LogP contribution is 2.33. The van der Waals surface area contributed by atoms with Gasteiger partial charge in [-0.3, -0.25) is 4.90 Å². The van der Waals surface area contributed by atoms with Gasteiger partial charge >= 0.3 is 0 Å². The van der Waals surface area contributed by atoms with Crippen LogP contribution in [0, 0.1) is 0 Å². The van der Waals surface area contributed by atoms with Crippen molar-refractivity contribution in [3.63, 3.8) is 0 Å². The van der Waals surface area contributed by atoms with Crippen molar-refractivity contribution in [2.45, 2.75) is 38.9 Å². The van der Waals surface area contributed by atoms with E-state index in [4.69, 9.17) is 4.74 Å². The molecule has 1 N–H and O–H groups in total. The van der Waals surface area contributed by atoms with Gasteiger partial charge in [0.25, 0.3) is 0 Å². The van der Waals surface area contributed by atoms with Crippen molar-refractivity contribution in [1.82, 2.24) is 15.2 Å². The van der Waals surface area contributed by atoms with Gasteiger partial charge in [0.1, 0.15) is 10.8 Å². The van der Waals surface area contributed by atoms with E-state index in [1.54, 1.807) is 11.3 Å². The number of para-hydroxylation sites is 1. The summed E-state index contributed by atoms with van der Waals surface area (Å²) in [5.74, 6) is 0.934. The number of hydrogen-bond acceptors (Lipinski definition) is 5. The molecule has 0 atom stereocenters. The maximum Gasteiger partial charge on any atom is 0.127 e. The number of ether oxygens (including phenoxy) is 1. The smallest absolute Gasteiger partial charge is 0.127 e. The van der Waals surface area contributed by atoms with E-state index in [0.29, 0.717) is 12.6 Å². The molecule has 4 rings (SSSR count). The van der Waals surface area contributed by atoms with E-state index in [1.807, 2.05) is 25.3 Å². The first-order valence-corrected chi connectivity index (χ1v) is 11.3. The van der Waals surface area contributed by atoms with Crippen LogP contribution in [0.1, 0.15) is 30.3 Å². The molecule has 4 nitrogen and oxygen atoms in total. The summed E-state index contributed by atoms with van der Waals surface area (Å²) in [5, 5.41) is 4.85. The van der Waals surface area contributed by atoms with Crippen LogP contribution < -0.4 is 10.1 Å². The normalized spacial score (nSPS) is 15.5. The number of piperidine rings is 1. The van der Waals surface area contributed by atoms with Gasteiger partial charge in [0, 0.05) is 30.9 Å². The molecule has 0 spiro atoms. The van der Waals surface area contributed by atoms with Crippen LogP contribution in [-0.2, 0) is 13.1 Å². The summed E-state index contributed by atoms with van der Waals surface area (Å²) in [6, 6.07) is 19.5. The second kappa shape index (κ2) is 10.0. The Hall–Kier alpha value is -2.21. The Kier molecular flexibility index (Phi) is 6.93. The number of nitrogens with zero attached hydrogens (tertiary/aromatic N) is 2. The lowest BCUT2D eigenvalue weighted by molar-refractivity contribution is 0.190. The van der Waals surface area contributed by atoms with E-state index < -0.39 is 0 Å². The quantitative estimate of drug-likeness (QED) is 0.572. The molecule has 2 heterocycles. The minimum atomic E-state index is 0.574. The number of thiazole rings is 1. The van der Waals surface area contributed by atoms with Crippen molar-refractivity contribution in [1.29, 1.82) is 0 Å². The van der Waals surface area contributed by atoms with Crippen molar-refractivity contribution in [2.24, 2.45) is 0 Å². The molecule has 0 saturated carbocycles. The summed E-state index contributed by atoms with van der Waals surface area (Å²) >= 11 is 1.75. The monoisotopic (exact) mass is 407 g/mol. The second-order valence-corrected chi connectivity index (χ2v) is 8.58. The van der Waals surface area contributed by atoms with Crippen LogP contribution >= 0.6 is 11.3 Å². The average molecular weight is 408 g/mol. The zero-order valence-electron chi connectivity index (χ0n) is 17.0. The molecule has 1 aliphatic rings. The fraction of sp³-hybridized carbons (Fsp3) is 0.375. The van der Waals surface area contributed by atoms with Gasteiger partial charge in [-0.15, -0.1) is 11.3 Å². The Balaban J connectivity index is 1.27. The van der Waals surface area contributed by atoms with Gasteiger partial charge in [0.2, 0.25) is 0 Å². The van der Waals surface area contributed by atoms with Crippen LogP contribution in [0.5, 0.6) is 5.75 Å². The molecular formula is C24H29N3OS. The lowest BCUT2D eigenvalue weighted by Crippen LogP contribution is -2.41. The Morgan fingerprint density at radius 1 is 1.07 bits per heavy atom. The third-order valence-electron chi connectivity index (χ3n) is 5.38. The summed E-state index contributed by atoms with van der Waals surface area (Å²) in [6.45, 7) is 6.89. The fourth-order valence-corrected chi connectivity index (χ4v) is 4.74. The summed E-state index contributed by atoms with van der Waals surface area (Å²) in [7, 11) is 0. The third-order valence-corrected chi connectivity index (χ3v) is 6.42. The van der Waals surface area contributed by atoms with Gasteiger partial charge in [0.05, 0.1) is 11.5 Å². The van der Waals surface area contributed by atoms with Crippen molar-refractivity contribution in [3.05, 3.63) is 71.4 Å². The van der Waals surface area contributed by atoms with Crippen LogP contribution in [0.15, 0.2) is 60.8 Å². The fourth-order valence-electron chi connectivity index (χ4n) is 3.84. The van der Waals surface area contributed by atoms with Gasteiger partial charge < -0.3 is 10.1 Å². The predicted molar refractivity (Wildman–Crippen MR) is 120 cm³/mol. The SMILES string of the molecule is CCOc1ccccc1-c1cnc(CNC2CCN(Cc3ccccc3)CC2)s1. The van der Waals surface area contributed by atoms with Crippen molar-refractivity contribution < 1.29 is 4.74 Å². The van der Waals surface area contributed by atoms with Crippen LogP contribution in [0.4, 0.5) is 0 Å². The zero-order valence-corrected chi connectivity index (χ0v) is 17.8. The highest BCUT2D eigenvalue weighted by molar-refractivity contribution is 7.15. The Morgan fingerprint density at radius 2 is 1.83 bits per heavy atom. The summed E-state index contributed by atoms with van der Waals surface area (Å²) in [6.07, 6.45) is 4.36. The van der Waals surface area contributed by atoms with Crippen LogP contribution in [0.2, 0.25) is 0 Å². The molecule has 29 heavy (non-hydrogen) atoms. The minimum absolute atomic E-state index is 0.574. The summed E-state index contributed by atoms with van der Waals surface area (Å²) < 4.78 is 5.77. The Morgan fingerprint density at radius 3 is 2.62 bits per heavy atom. The van der Waals surface area contributed by atoms with E-state index in [-0.39, 0.29) is 0 Å². The number of hydrogen-bond donors (Lipinski definition) is 1. The van der Waals surface area contributed by atoms with Gasteiger partial charge in [-0.1, -0.05) is 42.5 Å². The number of nitrogens with one attached hydrogen (secondary N) is 1. The van der Waals surface area contributed by atoms with Crippen LogP contribution in [0.25, 0.3) is 10.4 Å². The number of benzene rings is 2. The lowest BCUT2D eigenvalue weighted by Gasteiger charge is -2.32. The molecule has 2 aromatic carbocycles. The first-order valence-electron chi connectivity index (χ1n) is 10.5. The molecule has 0 unspecified atom stereocenters. The van der Waals surface area contributed by atoms with Crippen LogP contribution in [-0.4, -0.2) is 35.6 Å². The Labute approximate surface area is 177 Å². The molecule has 0 aliphatic carbocycles. The molecule has 152 valence electrons. The van der Waals surface area contributed by atoms with E-state index >= 15 is 0 Å². The molecule has 1 fully saturated rings. The van der Waals surface area contributed by atoms with Gasteiger partial charge in [-0.05, 0) is 50.6 Å². The highest BCUT2D eigenvalue weighted by Gasteiger charge is 2.19. The maximum absolute atomic E-state index is 5.77. The third kappa shape index (κ3) is 5.44. The molecule has 1 aliphatic heterocycles. The second-order valence-electron chi connectivity index (χ2n) is 7.46. The lowest BCUT2D eigenvalue weighted by atomic mass is 10.0. The standard InChI is InChI=1S/C24H29N3OS/c1-2-28-22-11-7-6-10-21(22)23-16-26-24(29-23)17-25-20-12-14-27(15-13-20)18-19-8-4-3-5-9-19/h3-11,16,20,25H,2,12-15,17-18H2,1H3. The van der Waals surface area contributed by atoms with Crippen molar-refractivity contribution in [3.8, 4) is 16.2 Å². The van der Waals surface area contributed by atoms with E-state index in [0.717, 1.165) is 42.5 Å². The molecule has 5 heteroatoms. The zero-order chi connectivity index (χ0) is 19.9. The number of rotatable bonds is 8. The Bertz CT molecular complexity index is 888. The molecule has 0 amide bonds. The average Bonchev–Trinajstić information content (AvgIpc) is 3.24. The minimum Gasteiger partial charge on any atom is -0.493 e. The van der Waals surface area contributed by atoms with Crippen LogP contribution in [0.3, 0.4) is 0 Å². The largest absolute Gasteiger partial charge is 0.493 e. The molecule has 0 bridgehead atoms. The first-order chi connectivity index (χ1) is 14.3. The first kappa shape index (κ1) is 20.1. The van der Waals surface area contributed by atoms with E-state index in [9.17, 15) is 0 Å². The predicted octanol–water partition coefficient (Wildman–Crippen LogP) is 4.96. The molecule has 0 radical (unpaired) electrons. The molecular weight excluding hydrogens is 378 g/mol.